The Bertz CT molecular complexity index is 3680. The van der Waals surface area contributed by atoms with Gasteiger partial charge < -0.3 is 9.13 Å². The van der Waals surface area contributed by atoms with E-state index in [-0.39, 0.29) is 0 Å². The maximum absolute atomic E-state index is 11.7. The fourth-order valence-electron chi connectivity index (χ4n) is 9.91. The van der Waals surface area contributed by atoms with Crippen LogP contribution in [0.5, 0.6) is 0 Å². The van der Waals surface area contributed by atoms with E-state index in [9.17, 15) is 5.26 Å². The molecule has 0 spiro atoms. The third kappa shape index (κ3) is 4.65. The van der Waals surface area contributed by atoms with Gasteiger partial charge in [-0.3, -0.25) is 0 Å². The fourth-order valence-corrected chi connectivity index (χ4v) is 9.91. The predicted octanol–water partition coefficient (Wildman–Crippen LogP) is 15.0. The molecule has 0 aliphatic rings. The van der Waals surface area contributed by atoms with E-state index < -0.39 is 0 Å². The van der Waals surface area contributed by atoms with E-state index in [1.54, 1.807) is 0 Å². The van der Waals surface area contributed by atoms with Gasteiger partial charge in [-0.15, -0.1) is 0 Å². The highest BCUT2D eigenvalue weighted by molar-refractivity contribution is 6.34. The van der Waals surface area contributed by atoms with Gasteiger partial charge >= 0.3 is 0 Å². The maximum atomic E-state index is 11.7. The van der Waals surface area contributed by atoms with Crippen molar-refractivity contribution in [1.29, 1.82) is 5.26 Å². The van der Waals surface area contributed by atoms with Gasteiger partial charge in [0.15, 0.2) is 0 Å². The molecule has 2 aromatic heterocycles. The predicted molar refractivity (Wildman–Crippen MR) is 249 cm³/mol. The highest BCUT2D eigenvalue weighted by Crippen LogP contribution is 2.53. The van der Waals surface area contributed by atoms with E-state index >= 15 is 0 Å². The number of rotatable bonds is 5. The van der Waals surface area contributed by atoms with Crippen molar-refractivity contribution in [3.8, 4) is 50.8 Å². The standard InChI is InChI=1S/C56H32N4/c1-58-54-50(36-19-7-3-8-20-36)45(34-57)55(59-46-28-14-13-25-41(46)44-33-38(31-32-47(44)59)35-17-5-2-6-18-35)51(37-21-9-4-10-22-37)56(54)60-48-29-15-26-42-39-23-11-12-24-40(39)43-27-16-30-49(60)53(43)52(42)48/h2-33H. The second-order valence-corrected chi connectivity index (χ2v) is 15.4. The van der Waals surface area contributed by atoms with E-state index in [0.717, 1.165) is 82.8 Å². The van der Waals surface area contributed by atoms with Gasteiger partial charge in [-0.05, 0) is 74.1 Å². The summed E-state index contributed by atoms with van der Waals surface area (Å²) in [5.74, 6) is 0. The molecule has 0 fully saturated rings. The Labute approximate surface area is 345 Å². The van der Waals surface area contributed by atoms with Crippen molar-refractivity contribution in [1.82, 2.24) is 9.13 Å². The molecule has 0 saturated carbocycles. The van der Waals surface area contributed by atoms with Crippen LogP contribution in [0.1, 0.15) is 5.56 Å². The lowest BCUT2D eigenvalue weighted by Gasteiger charge is -2.25. The minimum Gasteiger partial charge on any atom is -0.318 e. The van der Waals surface area contributed by atoms with Crippen LogP contribution in [-0.4, -0.2) is 9.13 Å². The third-order valence-corrected chi connectivity index (χ3v) is 12.3. The molecule has 0 aliphatic carbocycles. The maximum Gasteiger partial charge on any atom is 0.220 e. The molecule has 0 amide bonds. The molecule has 12 rings (SSSR count). The second-order valence-electron chi connectivity index (χ2n) is 15.4. The number of hydrogen-bond donors (Lipinski definition) is 0. The molecule has 4 heteroatoms. The van der Waals surface area contributed by atoms with Crippen LogP contribution >= 0.6 is 0 Å². The number of aromatic nitrogens is 2. The molecular formula is C56H32N4. The first-order chi connectivity index (χ1) is 29.7. The Kier molecular flexibility index (Phi) is 7.32. The molecular weight excluding hydrogens is 729 g/mol. The molecule has 0 atom stereocenters. The molecule has 2 heterocycles. The number of hydrogen-bond acceptors (Lipinski definition) is 1. The van der Waals surface area contributed by atoms with Gasteiger partial charge in [0.2, 0.25) is 5.69 Å². The lowest BCUT2D eigenvalue weighted by molar-refractivity contribution is 1.13. The van der Waals surface area contributed by atoms with E-state index in [0.29, 0.717) is 16.8 Å². The van der Waals surface area contributed by atoms with Crippen molar-refractivity contribution in [3.05, 3.63) is 211 Å². The van der Waals surface area contributed by atoms with Crippen LogP contribution in [0.15, 0.2) is 194 Å². The van der Waals surface area contributed by atoms with Crippen LogP contribution in [0.3, 0.4) is 0 Å². The lowest BCUT2D eigenvalue weighted by Crippen LogP contribution is -2.08. The van der Waals surface area contributed by atoms with E-state index in [4.69, 9.17) is 6.57 Å². The minimum atomic E-state index is 0.429. The normalized spacial score (nSPS) is 11.6. The highest BCUT2D eigenvalue weighted by Gasteiger charge is 2.32. The number of nitriles is 1. The molecule has 0 bridgehead atoms. The average molecular weight is 761 g/mol. The Morgan fingerprint density at radius 3 is 1.43 bits per heavy atom. The number of fused-ring (bicyclic) bond motifs is 6. The molecule has 12 aromatic rings. The number of para-hydroxylation sites is 1. The summed E-state index contributed by atoms with van der Waals surface area (Å²) in [4.78, 5) is 4.47. The van der Waals surface area contributed by atoms with Crippen LogP contribution in [0.2, 0.25) is 0 Å². The summed E-state index contributed by atoms with van der Waals surface area (Å²) in [5, 5.41) is 20.9. The first-order valence-corrected chi connectivity index (χ1v) is 20.1. The largest absolute Gasteiger partial charge is 0.318 e. The second kappa shape index (κ2) is 13.0. The van der Waals surface area contributed by atoms with Gasteiger partial charge in [-0.2, -0.15) is 5.26 Å². The van der Waals surface area contributed by atoms with Crippen LogP contribution in [0.4, 0.5) is 5.69 Å². The third-order valence-electron chi connectivity index (χ3n) is 12.3. The molecule has 0 N–H and O–H groups in total. The topological polar surface area (TPSA) is 38.0 Å². The molecule has 0 unspecified atom stereocenters. The lowest BCUT2D eigenvalue weighted by atomic mass is 9.88. The quantitative estimate of drug-likeness (QED) is 0.127. The molecule has 60 heavy (non-hydrogen) atoms. The summed E-state index contributed by atoms with van der Waals surface area (Å²) in [5.41, 5.74) is 11.8. The summed E-state index contributed by atoms with van der Waals surface area (Å²) < 4.78 is 4.60. The van der Waals surface area contributed by atoms with Crippen molar-refractivity contribution in [2.24, 2.45) is 0 Å². The van der Waals surface area contributed by atoms with Crippen molar-refractivity contribution >= 4 is 70.8 Å². The van der Waals surface area contributed by atoms with Gasteiger partial charge in [-0.1, -0.05) is 164 Å². The van der Waals surface area contributed by atoms with Crippen molar-refractivity contribution in [2.45, 2.75) is 0 Å². The first-order valence-electron chi connectivity index (χ1n) is 20.1. The number of benzene rings is 10. The molecule has 0 saturated heterocycles. The molecule has 4 nitrogen and oxygen atoms in total. The van der Waals surface area contributed by atoms with Gasteiger partial charge in [0, 0.05) is 32.7 Å². The summed E-state index contributed by atoms with van der Waals surface area (Å²) in [7, 11) is 0. The zero-order chi connectivity index (χ0) is 39.9. The fraction of sp³-hybridized carbons (Fsp3) is 0. The van der Waals surface area contributed by atoms with Crippen molar-refractivity contribution in [2.75, 3.05) is 0 Å². The summed E-state index contributed by atoms with van der Waals surface area (Å²) in [6.07, 6.45) is 0. The van der Waals surface area contributed by atoms with Gasteiger partial charge in [0.05, 0.1) is 45.6 Å². The average Bonchev–Trinajstić information content (AvgIpc) is 3.84. The van der Waals surface area contributed by atoms with E-state index in [2.05, 4.69) is 160 Å². The van der Waals surface area contributed by atoms with E-state index in [1.165, 1.54) is 21.5 Å². The van der Waals surface area contributed by atoms with Crippen molar-refractivity contribution < 1.29 is 0 Å². The van der Waals surface area contributed by atoms with Crippen LogP contribution in [0, 0.1) is 17.9 Å². The highest BCUT2D eigenvalue weighted by atomic mass is 15.0. The molecule has 0 aliphatic heterocycles. The zero-order valence-electron chi connectivity index (χ0n) is 32.3. The Morgan fingerprint density at radius 2 is 0.850 bits per heavy atom. The Hall–Kier alpha value is -8.44. The molecule has 0 radical (unpaired) electrons. The van der Waals surface area contributed by atoms with Gasteiger partial charge in [0.25, 0.3) is 0 Å². The summed E-state index contributed by atoms with van der Waals surface area (Å²) in [6, 6.07) is 70.3. The Morgan fingerprint density at radius 1 is 0.383 bits per heavy atom. The molecule has 276 valence electrons. The SMILES string of the molecule is [C-]#[N+]c1c(-c2ccccc2)c(C#N)c(-n2c3ccccc3c3cc(-c4ccccc4)ccc32)c(-c2ccccc2)c1-n1c2cccc3c4ccccc4c4cccc1c4c32. The first kappa shape index (κ1) is 33.7. The van der Waals surface area contributed by atoms with Crippen molar-refractivity contribution in [3.63, 3.8) is 0 Å². The number of nitrogens with zero attached hydrogens (tertiary/aromatic N) is 4. The van der Waals surface area contributed by atoms with Crippen LogP contribution in [-0.2, 0) is 0 Å². The van der Waals surface area contributed by atoms with Gasteiger partial charge in [0.1, 0.15) is 6.07 Å². The molecule has 10 aromatic carbocycles. The minimum absolute atomic E-state index is 0.429. The summed E-state index contributed by atoms with van der Waals surface area (Å²) in [6.45, 7) is 9.13. The Balaban J connectivity index is 1.34. The zero-order valence-corrected chi connectivity index (χ0v) is 32.3. The van der Waals surface area contributed by atoms with Crippen LogP contribution in [0.25, 0.3) is 115 Å². The van der Waals surface area contributed by atoms with Gasteiger partial charge in [-0.25, -0.2) is 4.85 Å². The summed E-state index contributed by atoms with van der Waals surface area (Å²) >= 11 is 0. The monoisotopic (exact) mass is 760 g/mol. The smallest absolute Gasteiger partial charge is 0.220 e. The van der Waals surface area contributed by atoms with Crippen LogP contribution < -0.4 is 0 Å². The van der Waals surface area contributed by atoms with E-state index in [1.807, 2.05) is 54.6 Å².